The fourth-order valence-corrected chi connectivity index (χ4v) is 3.61. The second-order valence-corrected chi connectivity index (χ2v) is 10.1. The van der Waals surface area contributed by atoms with Gasteiger partial charge in [0, 0.05) is 18.8 Å². The lowest BCUT2D eigenvalue weighted by Crippen LogP contribution is -2.24. The Kier molecular flexibility index (Phi) is 9.99. The van der Waals surface area contributed by atoms with Crippen LogP contribution in [0.1, 0.15) is 37.7 Å². The first-order chi connectivity index (χ1) is 20.1. The molecule has 0 saturated heterocycles. The molecule has 1 amide bonds. The SMILES string of the molecule is Cn1nc(-c2nc3cc(NC(=O)c4ccc(OCCOCCOCCC(=O)OC(C)(C)C)cn4)ccc3o2)ccc1=O. The van der Waals surface area contributed by atoms with E-state index in [-0.39, 0.29) is 36.1 Å². The minimum absolute atomic E-state index is 0.191. The molecule has 1 N–H and O–H groups in total. The molecule has 0 atom stereocenters. The molecule has 3 aromatic heterocycles. The van der Waals surface area contributed by atoms with Crippen molar-refractivity contribution in [3.05, 3.63) is 64.7 Å². The van der Waals surface area contributed by atoms with Crippen LogP contribution in [0.4, 0.5) is 5.69 Å². The van der Waals surface area contributed by atoms with Crippen LogP contribution in [0.3, 0.4) is 0 Å². The van der Waals surface area contributed by atoms with Crippen molar-refractivity contribution in [3.63, 3.8) is 0 Å². The summed E-state index contributed by atoms with van der Waals surface area (Å²) in [6.07, 6.45) is 1.65. The second kappa shape index (κ2) is 13.8. The smallest absolute Gasteiger partial charge is 0.308 e. The molecule has 0 unspecified atom stereocenters. The predicted octanol–water partition coefficient (Wildman–Crippen LogP) is 3.38. The molecule has 0 fully saturated rings. The molecule has 0 saturated carbocycles. The zero-order valence-corrected chi connectivity index (χ0v) is 23.9. The van der Waals surface area contributed by atoms with E-state index in [2.05, 4.69) is 20.4 Å². The molecule has 0 spiro atoms. The van der Waals surface area contributed by atoms with E-state index in [9.17, 15) is 14.4 Å². The summed E-state index contributed by atoms with van der Waals surface area (Å²) in [6.45, 7) is 7.07. The minimum atomic E-state index is -0.505. The number of hydrogen-bond donors (Lipinski definition) is 1. The fourth-order valence-electron chi connectivity index (χ4n) is 3.61. The highest BCUT2D eigenvalue weighted by Crippen LogP contribution is 2.25. The number of fused-ring (bicyclic) bond motifs is 1. The lowest BCUT2D eigenvalue weighted by Gasteiger charge is -2.19. The number of pyridine rings is 1. The summed E-state index contributed by atoms with van der Waals surface area (Å²) in [5.74, 6) is 0.0519. The molecule has 42 heavy (non-hydrogen) atoms. The van der Waals surface area contributed by atoms with E-state index in [0.717, 1.165) is 0 Å². The second-order valence-electron chi connectivity index (χ2n) is 10.1. The number of oxazole rings is 1. The lowest BCUT2D eigenvalue weighted by molar-refractivity contribution is -0.156. The van der Waals surface area contributed by atoms with Gasteiger partial charge in [0.2, 0.25) is 5.89 Å². The molecular weight excluding hydrogens is 546 g/mol. The van der Waals surface area contributed by atoms with Crippen LogP contribution in [0.2, 0.25) is 0 Å². The molecule has 0 aliphatic heterocycles. The van der Waals surface area contributed by atoms with Gasteiger partial charge in [-0.1, -0.05) is 0 Å². The average Bonchev–Trinajstić information content (AvgIpc) is 3.36. The van der Waals surface area contributed by atoms with E-state index in [1.165, 1.54) is 23.0 Å². The molecule has 1 aromatic carbocycles. The van der Waals surface area contributed by atoms with Gasteiger partial charge in [-0.2, -0.15) is 5.10 Å². The molecule has 0 radical (unpaired) electrons. The number of aryl methyl sites for hydroxylation is 1. The van der Waals surface area contributed by atoms with Crippen LogP contribution in [0, 0.1) is 0 Å². The summed E-state index contributed by atoms with van der Waals surface area (Å²) < 4.78 is 28.6. The molecular formula is C29H33N5O8. The molecule has 4 rings (SSSR count). The zero-order valence-electron chi connectivity index (χ0n) is 23.9. The molecule has 13 heteroatoms. The molecule has 3 heterocycles. The Morgan fingerprint density at radius 2 is 1.74 bits per heavy atom. The number of anilines is 1. The molecule has 13 nitrogen and oxygen atoms in total. The summed E-state index contributed by atoms with van der Waals surface area (Å²) in [7, 11) is 1.54. The topological polar surface area (TPSA) is 157 Å². The first kappa shape index (κ1) is 30.3. The van der Waals surface area contributed by atoms with Gasteiger partial charge in [-0.15, -0.1) is 0 Å². The highest BCUT2D eigenvalue weighted by Gasteiger charge is 2.16. The number of carbonyl (C=O) groups is 2. The Morgan fingerprint density at radius 3 is 2.45 bits per heavy atom. The van der Waals surface area contributed by atoms with E-state index >= 15 is 0 Å². The molecule has 0 aliphatic rings. The largest absolute Gasteiger partial charge is 0.490 e. The first-order valence-corrected chi connectivity index (χ1v) is 13.3. The van der Waals surface area contributed by atoms with Crippen LogP contribution in [0.15, 0.2) is 57.9 Å². The number of esters is 1. The third-order valence-corrected chi connectivity index (χ3v) is 5.53. The summed E-state index contributed by atoms with van der Waals surface area (Å²) in [4.78, 5) is 44.5. The van der Waals surface area contributed by atoms with Gasteiger partial charge in [-0.3, -0.25) is 14.4 Å². The van der Waals surface area contributed by atoms with Gasteiger partial charge in [-0.25, -0.2) is 14.6 Å². The van der Waals surface area contributed by atoms with Crippen LogP contribution in [0.25, 0.3) is 22.7 Å². The van der Waals surface area contributed by atoms with E-state index in [0.29, 0.717) is 54.7 Å². The average molecular weight is 580 g/mol. The van der Waals surface area contributed by atoms with Crippen LogP contribution in [-0.2, 0) is 26.1 Å². The van der Waals surface area contributed by atoms with Gasteiger partial charge in [0.05, 0.1) is 39.0 Å². The maximum absolute atomic E-state index is 12.7. The van der Waals surface area contributed by atoms with E-state index in [1.807, 2.05) is 20.8 Å². The Labute approximate surface area is 241 Å². The monoisotopic (exact) mass is 579 g/mol. The van der Waals surface area contributed by atoms with Gasteiger partial charge < -0.3 is 28.7 Å². The third kappa shape index (κ3) is 8.94. The number of amides is 1. The predicted molar refractivity (Wildman–Crippen MR) is 152 cm³/mol. The highest BCUT2D eigenvalue weighted by atomic mass is 16.6. The number of ether oxygens (including phenoxy) is 4. The molecule has 4 aromatic rings. The van der Waals surface area contributed by atoms with Crippen molar-refractivity contribution < 1.29 is 33.0 Å². The van der Waals surface area contributed by atoms with E-state index < -0.39 is 11.5 Å². The van der Waals surface area contributed by atoms with Crippen LogP contribution < -0.4 is 15.6 Å². The number of carbonyl (C=O) groups excluding carboxylic acids is 2. The Balaban J connectivity index is 1.17. The molecule has 0 bridgehead atoms. The highest BCUT2D eigenvalue weighted by molar-refractivity contribution is 6.03. The summed E-state index contributed by atoms with van der Waals surface area (Å²) in [6, 6.07) is 11.2. The van der Waals surface area contributed by atoms with Crippen molar-refractivity contribution in [1.82, 2.24) is 19.7 Å². The van der Waals surface area contributed by atoms with Crippen molar-refractivity contribution >= 4 is 28.7 Å². The van der Waals surface area contributed by atoms with Gasteiger partial charge in [-0.05, 0) is 57.2 Å². The van der Waals surface area contributed by atoms with Gasteiger partial charge in [0.1, 0.15) is 34.9 Å². The van der Waals surface area contributed by atoms with Gasteiger partial charge in [0.25, 0.3) is 11.5 Å². The van der Waals surface area contributed by atoms with Crippen LogP contribution >= 0.6 is 0 Å². The normalized spacial score (nSPS) is 11.4. The van der Waals surface area contributed by atoms with Crippen molar-refractivity contribution in [1.29, 1.82) is 0 Å². The third-order valence-electron chi connectivity index (χ3n) is 5.53. The van der Waals surface area contributed by atoms with Crippen molar-refractivity contribution in [2.45, 2.75) is 32.8 Å². The summed E-state index contributed by atoms with van der Waals surface area (Å²) >= 11 is 0. The fraction of sp³-hybridized carbons (Fsp3) is 0.379. The number of rotatable bonds is 13. The van der Waals surface area contributed by atoms with Crippen molar-refractivity contribution in [2.75, 3.05) is 38.4 Å². The number of aromatic nitrogens is 4. The van der Waals surface area contributed by atoms with Gasteiger partial charge >= 0.3 is 5.97 Å². The zero-order chi connectivity index (χ0) is 30.1. The standard InChI is InChI=1S/C29H33N5O8/c1-29(2,3)42-26(36)11-12-38-13-14-39-15-16-40-20-6-7-21(30-18-20)27(37)31-19-5-9-24-23(17-19)32-28(41-24)22-8-10-25(35)34(4)33-22/h5-10,17-18H,11-16H2,1-4H3,(H,31,37). The Morgan fingerprint density at radius 1 is 0.976 bits per heavy atom. The van der Waals surface area contributed by atoms with Crippen molar-refractivity contribution in [2.24, 2.45) is 7.05 Å². The quantitative estimate of drug-likeness (QED) is 0.183. The Hall–Kier alpha value is -4.62. The lowest BCUT2D eigenvalue weighted by atomic mass is 10.2. The number of nitrogens with zero attached hydrogens (tertiary/aromatic N) is 4. The molecule has 0 aliphatic carbocycles. The van der Waals surface area contributed by atoms with Gasteiger partial charge in [0.15, 0.2) is 5.58 Å². The maximum Gasteiger partial charge on any atom is 0.308 e. The Bertz CT molecular complexity index is 1570. The van der Waals surface area contributed by atoms with E-state index in [4.69, 9.17) is 23.4 Å². The first-order valence-electron chi connectivity index (χ1n) is 13.3. The number of benzene rings is 1. The number of nitrogens with one attached hydrogen (secondary N) is 1. The summed E-state index contributed by atoms with van der Waals surface area (Å²) in [5.41, 5.74) is 1.41. The number of hydrogen-bond acceptors (Lipinski definition) is 11. The summed E-state index contributed by atoms with van der Waals surface area (Å²) in [5, 5.41) is 6.93. The van der Waals surface area contributed by atoms with Crippen LogP contribution in [-0.4, -0.2) is 70.3 Å². The minimum Gasteiger partial charge on any atom is -0.490 e. The molecule has 222 valence electrons. The van der Waals surface area contributed by atoms with Crippen LogP contribution in [0.5, 0.6) is 5.75 Å². The van der Waals surface area contributed by atoms with Crippen molar-refractivity contribution in [3.8, 4) is 17.3 Å². The van der Waals surface area contributed by atoms with E-state index in [1.54, 1.807) is 37.4 Å². The maximum atomic E-state index is 12.7.